The fraction of sp³-hybridized carbons (Fsp3) is 0.263. The van der Waals surface area contributed by atoms with E-state index in [1.54, 1.807) is 16.8 Å². The molecule has 0 aliphatic heterocycles. The monoisotopic (exact) mass is 379 g/mol. The molecular weight excluding hydrogens is 358 g/mol. The minimum atomic E-state index is -0.318. The molecular formula is C19H21FeN3O2+2. The maximum atomic E-state index is 11.9. The van der Waals surface area contributed by atoms with Gasteiger partial charge in [0.25, 0.3) is 0 Å². The van der Waals surface area contributed by atoms with Crippen molar-refractivity contribution in [2.45, 2.75) is 18.9 Å². The van der Waals surface area contributed by atoms with Crippen LogP contribution < -0.4 is 11.4 Å². The van der Waals surface area contributed by atoms with E-state index < -0.39 is 0 Å². The normalized spacial score (nSPS) is 26.0. The third-order valence-corrected chi connectivity index (χ3v) is 4.41. The molecule has 0 bridgehead atoms. The van der Waals surface area contributed by atoms with E-state index in [4.69, 9.17) is 10.8 Å². The number of nitrogens with two attached hydrogens (primary N) is 1. The quantitative estimate of drug-likeness (QED) is 0.782. The molecule has 0 aromatic carbocycles. The van der Waals surface area contributed by atoms with E-state index in [0.29, 0.717) is 5.92 Å². The molecule has 3 fully saturated rings. The smallest absolute Gasteiger partial charge is 0.396 e. The molecule has 0 amide bonds. The Morgan fingerprint density at radius 1 is 1.12 bits per heavy atom. The largest absolute Gasteiger partial charge is 2.00 e. The van der Waals surface area contributed by atoms with Gasteiger partial charge in [-0.25, -0.2) is 4.79 Å². The molecule has 1 aromatic heterocycles. The summed E-state index contributed by atoms with van der Waals surface area (Å²) in [6.07, 6.45) is 19.4. The summed E-state index contributed by atoms with van der Waals surface area (Å²) >= 11 is 0. The van der Waals surface area contributed by atoms with Crippen molar-refractivity contribution in [3.05, 3.63) is 85.9 Å². The summed E-state index contributed by atoms with van der Waals surface area (Å²) in [4.78, 5) is 15.7. The summed E-state index contributed by atoms with van der Waals surface area (Å²) in [5.41, 5.74) is 5.20. The van der Waals surface area contributed by atoms with Crippen LogP contribution in [0.25, 0.3) is 0 Å². The Labute approximate surface area is 160 Å². The van der Waals surface area contributed by atoms with Gasteiger partial charge in [0.1, 0.15) is 5.82 Å². The molecule has 4 rings (SSSR count). The van der Waals surface area contributed by atoms with Crippen LogP contribution in [0, 0.1) is 69.1 Å². The van der Waals surface area contributed by atoms with E-state index in [9.17, 15) is 4.79 Å². The average molecular weight is 379 g/mol. The Balaban J connectivity index is 0.000000325. The fourth-order valence-electron chi connectivity index (χ4n) is 3.32. The van der Waals surface area contributed by atoms with Crippen molar-refractivity contribution in [1.29, 1.82) is 0 Å². The van der Waals surface area contributed by atoms with Gasteiger partial charge in [-0.1, -0.05) is 0 Å². The van der Waals surface area contributed by atoms with Gasteiger partial charge in [0.05, 0.1) is 0 Å². The molecule has 3 aliphatic carbocycles. The summed E-state index contributed by atoms with van der Waals surface area (Å²) in [7, 11) is 0. The standard InChI is InChI=1S/C14H16N3O2.C5H5.Fe/c15-13-4-6-17(14(19)16-13)12-8-9(5-7-18)10-2-1-3-11(10)12;1-2-4-5-3-1;/h1-4,6,9,12,18H,5,7-8H2,(H2,15,16,19);1-5H;/q;;+2/t9-,12-;;/m1../s1. The number of aliphatic hydroxyl groups is 1. The number of hydrogen-bond acceptors (Lipinski definition) is 4. The van der Waals surface area contributed by atoms with Gasteiger partial charge in [-0.15, -0.1) is 0 Å². The minimum absolute atomic E-state index is 0. The molecule has 0 spiro atoms. The van der Waals surface area contributed by atoms with Crippen molar-refractivity contribution < 1.29 is 22.2 Å². The van der Waals surface area contributed by atoms with E-state index in [1.807, 2.05) is 44.9 Å². The van der Waals surface area contributed by atoms with E-state index in [1.165, 1.54) is 5.92 Å². The Kier molecular flexibility index (Phi) is 7.98. The molecule has 0 saturated heterocycles. The summed E-state index contributed by atoms with van der Waals surface area (Å²) in [6.45, 7) is 0.164. The zero-order valence-electron chi connectivity index (χ0n) is 13.7. The zero-order valence-corrected chi connectivity index (χ0v) is 14.8. The first-order chi connectivity index (χ1) is 11.7. The topological polar surface area (TPSA) is 81.1 Å². The number of nitrogen functional groups attached to an aromatic ring is 1. The molecule has 1 aromatic rings. The van der Waals surface area contributed by atoms with Crippen LogP contribution >= 0.6 is 0 Å². The van der Waals surface area contributed by atoms with Crippen molar-refractivity contribution in [2.24, 2.45) is 5.92 Å². The third kappa shape index (κ3) is 4.87. The van der Waals surface area contributed by atoms with E-state index in [-0.39, 0.29) is 41.2 Å². The summed E-state index contributed by atoms with van der Waals surface area (Å²) in [5, 5.41) is 9.14. The van der Waals surface area contributed by atoms with Crippen LogP contribution in [0.4, 0.5) is 5.82 Å². The van der Waals surface area contributed by atoms with Gasteiger partial charge in [0.15, 0.2) is 0 Å². The second kappa shape index (κ2) is 9.75. The predicted molar refractivity (Wildman–Crippen MR) is 92.6 cm³/mol. The summed E-state index contributed by atoms with van der Waals surface area (Å²) in [6, 6.07) is 1.64. The maximum Gasteiger partial charge on any atom is 2.00 e. The van der Waals surface area contributed by atoms with Crippen molar-refractivity contribution in [3.63, 3.8) is 0 Å². The van der Waals surface area contributed by atoms with Crippen molar-refractivity contribution in [3.8, 4) is 0 Å². The van der Waals surface area contributed by atoms with E-state index in [0.717, 1.165) is 18.8 Å². The molecule has 130 valence electrons. The molecule has 1 heterocycles. The van der Waals surface area contributed by atoms with Crippen LogP contribution in [0.1, 0.15) is 18.9 Å². The molecule has 2 atom stereocenters. The number of aliphatic hydroxyl groups excluding tert-OH is 1. The second-order valence-corrected chi connectivity index (χ2v) is 5.90. The van der Waals surface area contributed by atoms with Gasteiger partial charge in [-0.3, -0.25) is 4.57 Å². The number of rotatable bonds is 3. The summed E-state index contributed by atoms with van der Waals surface area (Å²) in [5.74, 6) is 2.95. The van der Waals surface area contributed by atoms with Crippen LogP contribution in [0.15, 0.2) is 17.1 Å². The van der Waals surface area contributed by atoms with Crippen molar-refractivity contribution >= 4 is 5.82 Å². The van der Waals surface area contributed by atoms with Crippen molar-refractivity contribution in [2.75, 3.05) is 12.3 Å². The maximum absolute atomic E-state index is 11.9. The molecule has 0 unspecified atom stereocenters. The zero-order chi connectivity index (χ0) is 16.9. The van der Waals surface area contributed by atoms with Crippen LogP contribution in [-0.2, 0) is 17.1 Å². The number of fused-ring (bicyclic) bond motifs is 1. The first kappa shape index (κ1) is 20.5. The Morgan fingerprint density at radius 2 is 1.76 bits per heavy atom. The Morgan fingerprint density at radius 3 is 2.36 bits per heavy atom. The number of anilines is 1. The van der Waals surface area contributed by atoms with Gasteiger partial charge >= 0.3 is 22.8 Å². The third-order valence-electron chi connectivity index (χ3n) is 4.41. The van der Waals surface area contributed by atoms with Gasteiger partial charge < -0.3 is 10.8 Å². The van der Waals surface area contributed by atoms with Crippen LogP contribution in [0.2, 0.25) is 0 Å². The van der Waals surface area contributed by atoms with E-state index >= 15 is 0 Å². The molecule has 3 aliphatic rings. The molecule has 5 nitrogen and oxygen atoms in total. The van der Waals surface area contributed by atoms with Gasteiger partial charge in [0.2, 0.25) is 0 Å². The Hall–Kier alpha value is -0.841. The van der Waals surface area contributed by atoms with Gasteiger partial charge in [0, 0.05) is 24.8 Å². The SMILES string of the molecule is Nc1ccn([C@@H]2C[C@@H](CCO)[C]3[CH][CH][CH][C]32)c(=O)n1.[CH]1[CH][CH][CH][CH]1.[Fe+2]. The van der Waals surface area contributed by atoms with E-state index in [2.05, 4.69) is 11.4 Å². The molecule has 6 heteroatoms. The van der Waals surface area contributed by atoms with Gasteiger partial charge in [-0.2, -0.15) is 4.98 Å². The number of nitrogens with zero attached hydrogens (tertiary/aromatic N) is 2. The predicted octanol–water partition coefficient (Wildman–Crippen LogP) is 1.56. The minimum Gasteiger partial charge on any atom is -0.396 e. The number of aromatic nitrogens is 2. The van der Waals surface area contributed by atoms with Crippen LogP contribution in [0.5, 0.6) is 0 Å². The second-order valence-electron chi connectivity index (χ2n) is 5.90. The molecule has 3 saturated carbocycles. The molecule has 3 N–H and O–H groups in total. The molecule has 10 radical (unpaired) electrons. The fourth-order valence-corrected chi connectivity index (χ4v) is 3.32. The Bertz CT molecular complexity index is 581. The summed E-state index contributed by atoms with van der Waals surface area (Å²) < 4.78 is 1.63. The molecule has 25 heavy (non-hydrogen) atoms. The van der Waals surface area contributed by atoms with Crippen molar-refractivity contribution in [1.82, 2.24) is 9.55 Å². The number of hydrogen-bond donors (Lipinski definition) is 2. The van der Waals surface area contributed by atoms with Crippen LogP contribution in [-0.4, -0.2) is 21.3 Å². The average Bonchev–Trinajstić information content (AvgIpc) is 3.29. The van der Waals surface area contributed by atoms with Crippen LogP contribution in [0.3, 0.4) is 0 Å². The first-order valence-corrected chi connectivity index (χ1v) is 8.08. The first-order valence-electron chi connectivity index (χ1n) is 8.08. The van der Waals surface area contributed by atoms with Gasteiger partial charge in [-0.05, 0) is 82.1 Å².